The third kappa shape index (κ3) is 3.65. The molecule has 1 amide bonds. The number of halogens is 2. The molecule has 0 saturated heterocycles. The number of carbonyl (C=O) groups excluding carboxylic acids is 1. The summed E-state index contributed by atoms with van der Waals surface area (Å²) in [7, 11) is 0. The molecule has 2 aromatic rings. The van der Waals surface area contributed by atoms with Gasteiger partial charge in [-0.3, -0.25) is 4.79 Å². The molecule has 1 aliphatic rings. The van der Waals surface area contributed by atoms with Crippen molar-refractivity contribution in [3.05, 3.63) is 64.9 Å². The van der Waals surface area contributed by atoms with E-state index in [0.717, 1.165) is 0 Å². The predicted molar refractivity (Wildman–Crippen MR) is 87.1 cm³/mol. The highest BCUT2D eigenvalue weighted by Gasteiger charge is 2.32. The number of ether oxygens (including phenoxy) is 2. The average molecular weight is 349 g/mol. The van der Waals surface area contributed by atoms with Gasteiger partial charge in [0, 0.05) is 17.5 Å². The Bertz CT molecular complexity index is 762. The summed E-state index contributed by atoms with van der Waals surface area (Å²) in [5.74, 6) is 0.212. The summed E-state index contributed by atoms with van der Waals surface area (Å²) in [4.78, 5) is 11.8. The molecule has 0 aliphatic carbocycles. The van der Waals surface area contributed by atoms with Crippen molar-refractivity contribution < 1.29 is 18.7 Å². The minimum absolute atomic E-state index is 0.0586. The van der Waals surface area contributed by atoms with Crippen LogP contribution in [-0.2, 0) is 9.53 Å². The van der Waals surface area contributed by atoms with E-state index in [1.807, 2.05) is 0 Å². The second-order valence-electron chi connectivity index (χ2n) is 5.12. The Kier molecular flexibility index (Phi) is 4.66. The summed E-state index contributed by atoms with van der Waals surface area (Å²) < 4.78 is 24.3. The third-order valence-electron chi connectivity index (χ3n) is 3.34. The normalized spacial score (nSPS) is 16.5. The van der Waals surface area contributed by atoms with Crippen LogP contribution in [0, 0.1) is 5.82 Å². The lowest BCUT2D eigenvalue weighted by atomic mass is 10.2. The second-order valence-corrected chi connectivity index (χ2v) is 5.56. The largest absolute Gasteiger partial charge is 0.484 e. The molecule has 0 saturated carbocycles. The van der Waals surface area contributed by atoms with Gasteiger partial charge in [0.2, 0.25) is 18.0 Å². The highest BCUT2D eigenvalue weighted by atomic mass is 35.5. The van der Waals surface area contributed by atoms with Crippen molar-refractivity contribution in [1.82, 2.24) is 5.01 Å². The highest BCUT2D eigenvalue weighted by Crippen LogP contribution is 2.28. The number of hydrazone groups is 1. The average Bonchev–Trinajstić information content (AvgIpc) is 3.00. The van der Waals surface area contributed by atoms with Crippen molar-refractivity contribution >= 4 is 23.4 Å². The standard InChI is InChI=1S/C17H14ClFN2O3/c1-11(22)21-17(12-2-6-14(19)7-3-12)24-16(20-21)10-23-15-8-4-13(18)5-9-15/h2-9,17H,10H2,1H3. The van der Waals surface area contributed by atoms with Gasteiger partial charge < -0.3 is 9.47 Å². The molecule has 1 atom stereocenters. The van der Waals surface area contributed by atoms with Crippen LogP contribution in [0.25, 0.3) is 0 Å². The first-order valence-electron chi connectivity index (χ1n) is 7.21. The fourth-order valence-electron chi connectivity index (χ4n) is 2.19. The van der Waals surface area contributed by atoms with Crippen molar-refractivity contribution in [2.75, 3.05) is 6.61 Å². The third-order valence-corrected chi connectivity index (χ3v) is 3.59. The summed E-state index contributed by atoms with van der Waals surface area (Å²) in [5.41, 5.74) is 0.622. The second kappa shape index (κ2) is 6.88. The summed E-state index contributed by atoms with van der Waals surface area (Å²) in [5, 5.41) is 5.94. The van der Waals surface area contributed by atoms with Gasteiger partial charge in [-0.1, -0.05) is 23.7 Å². The van der Waals surface area contributed by atoms with Gasteiger partial charge in [-0.15, -0.1) is 5.10 Å². The van der Waals surface area contributed by atoms with Gasteiger partial charge in [0.25, 0.3) is 0 Å². The van der Waals surface area contributed by atoms with E-state index < -0.39 is 6.23 Å². The molecule has 0 spiro atoms. The molecule has 3 rings (SSSR count). The Morgan fingerprint density at radius 1 is 1.25 bits per heavy atom. The van der Waals surface area contributed by atoms with E-state index in [1.165, 1.54) is 24.1 Å². The van der Waals surface area contributed by atoms with Crippen LogP contribution in [0.3, 0.4) is 0 Å². The minimum atomic E-state index is -0.730. The summed E-state index contributed by atoms with van der Waals surface area (Å²) in [6.45, 7) is 1.44. The first kappa shape index (κ1) is 16.3. The first-order chi connectivity index (χ1) is 11.5. The zero-order valence-electron chi connectivity index (χ0n) is 12.8. The molecular weight excluding hydrogens is 335 g/mol. The molecule has 1 heterocycles. The summed E-state index contributed by atoms with van der Waals surface area (Å²) >= 11 is 5.82. The fraction of sp³-hybridized carbons (Fsp3) is 0.176. The lowest BCUT2D eigenvalue weighted by Crippen LogP contribution is -2.25. The molecule has 0 radical (unpaired) electrons. The van der Waals surface area contributed by atoms with Gasteiger partial charge in [0.15, 0.2) is 6.61 Å². The highest BCUT2D eigenvalue weighted by molar-refractivity contribution is 6.30. The quantitative estimate of drug-likeness (QED) is 0.845. The molecule has 2 aromatic carbocycles. The Labute approximate surface area is 143 Å². The van der Waals surface area contributed by atoms with Crippen LogP contribution in [-0.4, -0.2) is 23.4 Å². The van der Waals surface area contributed by atoms with Crippen LogP contribution in [0.2, 0.25) is 5.02 Å². The maximum absolute atomic E-state index is 13.1. The Hall–Kier alpha value is -2.60. The van der Waals surface area contributed by atoms with E-state index in [4.69, 9.17) is 21.1 Å². The summed E-state index contributed by atoms with van der Waals surface area (Å²) in [6.07, 6.45) is -0.730. The van der Waals surface area contributed by atoms with Crippen molar-refractivity contribution in [3.8, 4) is 5.75 Å². The smallest absolute Gasteiger partial charge is 0.247 e. The molecule has 24 heavy (non-hydrogen) atoms. The van der Waals surface area contributed by atoms with E-state index in [9.17, 15) is 9.18 Å². The lowest BCUT2D eigenvalue weighted by Gasteiger charge is -2.19. The van der Waals surface area contributed by atoms with E-state index in [0.29, 0.717) is 16.3 Å². The van der Waals surface area contributed by atoms with E-state index in [2.05, 4.69) is 5.10 Å². The van der Waals surface area contributed by atoms with Crippen molar-refractivity contribution in [1.29, 1.82) is 0 Å². The Morgan fingerprint density at radius 3 is 2.54 bits per heavy atom. The Balaban J connectivity index is 1.70. The molecule has 0 aromatic heterocycles. The number of hydrogen-bond donors (Lipinski definition) is 0. The van der Waals surface area contributed by atoms with Crippen LogP contribution in [0.4, 0.5) is 4.39 Å². The number of nitrogens with zero attached hydrogens (tertiary/aromatic N) is 2. The van der Waals surface area contributed by atoms with Crippen LogP contribution in [0.1, 0.15) is 18.7 Å². The molecule has 1 aliphatic heterocycles. The zero-order chi connectivity index (χ0) is 17.1. The zero-order valence-corrected chi connectivity index (χ0v) is 13.5. The number of rotatable bonds is 4. The van der Waals surface area contributed by atoms with E-state index in [-0.39, 0.29) is 24.2 Å². The molecular formula is C17H14ClFN2O3. The number of amides is 1. The van der Waals surface area contributed by atoms with Crippen LogP contribution >= 0.6 is 11.6 Å². The molecule has 0 fully saturated rings. The molecule has 124 valence electrons. The fourth-order valence-corrected chi connectivity index (χ4v) is 2.31. The van der Waals surface area contributed by atoms with Crippen LogP contribution in [0.15, 0.2) is 53.6 Å². The van der Waals surface area contributed by atoms with Gasteiger partial charge in [0.05, 0.1) is 0 Å². The topological polar surface area (TPSA) is 51.1 Å². The maximum Gasteiger partial charge on any atom is 0.247 e. The van der Waals surface area contributed by atoms with E-state index >= 15 is 0 Å². The Morgan fingerprint density at radius 2 is 1.92 bits per heavy atom. The first-order valence-corrected chi connectivity index (χ1v) is 7.58. The number of carbonyl (C=O) groups is 1. The van der Waals surface area contributed by atoms with Gasteiger partial charge in [-0.25, -0.2) is 4.39 Å². The lowest BCUT2D eigenvalue weighted by molar-refractivity contribution is -0.135. The molecule has 0 N–H and O–H groups in total. The molecule has 0 bridgehead atoms. The number of benzene rings is 2. The van der Waals surface area contributed by atoms with Crippen molar-refractivity contribution in [2.24, 2.45) is 5.10 Å². The van der Waals surface area contributed by atoms with Crippen LogP contribution < -0.4 is 4.74 Å². The minimum Gasteiger partial charge on any atom is -0.484 e. The van der Waals surface area contributed by atoms with Gasteiger partial charge in [-0.2, -0.15) is 5.01 Å². The molecule has 7 heteroatoms. The monoisotopic (exact) mass is 348 g/mol. The molecule has 1 unspecified atom stereocenters. The number of hydrogen-bond acceptors (Lipinski definition) is 4. The molecule has 5 nitrogen and oxygen atoms in total. The van der Waals surface area contributed by atoms with Crippen molar-refractivity contribution in [2.45, 2.75) is 13.2 Å². The van der Waals surface area contributed by atoms with Gasteiger partial charge in [0.1, 0.15) is 11.6 Å². The SMILES string of the molecule is CC(=O)N1N=C(COc2ccc(Cl)cc2)OC1c1ccc(F)cc1. The maximum atomic E-state index is 13.1. The van der Waals surface area contributed by atoms with Crippen molar-refractivity contribution in [3.63, 3.8) is 0 Å². The van der Waals surface area contributed by atoms with Gasteiger partial charge >= 0.3 is 0 Å². The van der Waals surface area contributed by atoms with Gasteiger partial charge in [-0.05, 0) is 36.4 Å². The van der Waals surface area contributed by atoms with E-state index in [1.54, 1.807) is 36.4 Å². The summed E-state index contributed by atoms with van der Waals surface area (Å²) in [6, 6.07) is 12.6. The predicted octanol–water partition coefficient (Wildman–Crippen LogP) is 3.75. The van der Waals surface area contributed by atoms with Crippen LogP contribution in [0.5, 0.6) is 5.75 Å².